The lowest BCUT2D eigenvalue weighted by atomic mass is 10.1. The smallest absolute Gasteiger partial charge is 0.121 e. The zero-order chi connectivity index (χ0) is 13.1. The minimum Gasteiger partial charge on any atom is -0.468 e. The number of hydrogen-bond donors (Lipinski definition) is 1. The van der Waals surface area contributed by atoms with E-state index in [2.05, 4.69) is 33.3 Å². The SMILES string of the molecule is CCn1nc(C)c(Br)c1CC(NC)c1ccco1. The van der Waals surface area contributed by atoms with Crippen LogP contribution in [0.4, 0.5) is 0 Å². The third-order valence-electron chi connectivity index (χ3n) is 3.09. The molecule has 0 fully saturated rings. The predicted octanol–water partition coefficient (Wildman–Crippen LogP) is 3.07. The molecule has 0 aliphatic carbocycles. The van der Waals surface area contributed by atoms with Gasteiger partial charge in [-0.05, 0) is 49.0 Å². The Kier molecular flexibility index (Phi) is 4.24. The van der Waals surface area contributed by atoms with E-state index in [0.717, 1.165) is 28.9 Å². The maximum Gasteiger partial charge on any atom is 0.121 e. The standard InChI is InChI=1S/C13H18BrN3O/c1-4-17-11(13(14)9(2)16-17)8-10(15-3)12-6-5-7-18-12/h5-7,10,15H,4,8H2,1-3H3. The van der Waals surface area contributed by atoms with Crippen molar-refractivity contribution < 1.29 is 4.42 Å². The summed E-state index contributed by atoms with van der Waals surface area (Å²) in [7, 11) is 1.95. The number of aromatic nitrogens is 2. The van der Waals surface area contributed by atoms with Crippen LogP contribution < -0.4 is 5.32 Å². The molecule has 2 aromatic rings. The highest BCUT2D eigenvalue weighted by atomic mass is 79.9. The average molecular weight is 312 g/mol. The van der Waals surface area contributed by atoms with E-state index in [4.69, 9.17) is 4.42 Å². The summed E-state index contributed by atoms with van der Waals surface area (Å²) in [6, 6.07) is 4.07. The molecule has 0 saturated carbocycles. The van der Waals surface area contributed by atoms with Crippen LogP contribution in [0.15, 0.2) is 27.3 Å². The van der Waals surface area contributed by atoms with Crippen LogP contribution in [-0.2, 0) is 13.0 Å². The third kappa shape index (κ3) is 2.52. The van der Waals surface area contributed by atoms with Crippen LogP contribution in [0.2, 0.25) is 0 Å². The van der Waals surface area contributed by atoms with Gasteiger partial charge in [0.1, 0.15) is 5.76 Å². The van der Waals surface area contributed by atoms with Crippen LogP contribution in [0.1, 0.15) is 30.1 Å². The minimum atomic E-state index is 0.165. The van der Waals surface area contributed by atoms with Crippen LogP contribution in [0, 0.1) is 6.92 Å². The highest BCUT2D eigenvalue weighted by Crippen LogP contribution is 2.26. The number of nitrogens with one attached hydrogen (secondary N) is 1. The molecular weight excluding hydrogens is 294 g/mol. The lowest BCUT2D eigenvalue weighted by Gasteiger charge is -2.14. The minimum absolute atomic E-state index is 0.165. The molecule has 0 bridgehead atoms. The Labute approximate surface area is 115 Å². The van der Waals surface area contributed by atoms with E-state index < -0.39 is 0 Å². The van der Waals surface area contributed by atoms with E-state index in [0.29, 0.717) is 0 Å². The first-order valence-electron chi connectivity index (χ1n) is 6.09. The van der Waals surface area contributed by atoms with Gasteiger partial charge >= 0.3 is 0 Å². The van der Waals surface area contributed by atoms with Gasteiger partial charge in [-0.15, -0.1) is 0 Å². The monoisotopic (exact) mass is 311 g/mol. The second kappa shape index (κ2) is 5.71. The van der Waals surface area contributed by atoms with E-state index in [-0.39, 0.29) is 6.04 Å². The number of hydrogen-bond acceptors (Lipinski definition) is 3. The van der Waals surface area contributed by atoms with Crippen molar-refractivity contribution in [2.45, 2.75) is 32.9 Å². The number of halogens is 1. The Morgan fingerprint density at radius 2 is 2.33 bits per heavy atom. The number of nitrogens with zero attached hydrogens (tertiary/aromatic N) is 2. The van der Waals surface area contributed by atoms with Crippen LogP contribution in [0.25, 0.3) is 0 Å². The van der Waals surface area contributed by atoms with E-state index in [1.165, 1.54) is 5.69 Å². The maximum absolute atomic E-state index is 5.47. The lowest BCUT2D eigenvalue weighted by Crippen LogP contribution is -2.20. The van der Waals surface area contributed by atoms with Gasteiger partial charge < -0.3 is 9.73 Å². The summed E-state index contributed by atoms with van der Waals surface area (Å²) in [5, 5.41) is 7.79. The molecule has 0 spiro atoms. The fourth-order valence-corrected chi connectivity index (χ4v) is 2.54. The van der Waals surface area contributed by atoms with Crippen LogP contribution >= 0.6 is 15.9 Å². The van der Waals surface area contributed by atoms with Crippen LogP contribution in [-0.4, -0.2) is 16.8 Å². The Balaban J connectivity index is 2.27. The molecule has 0 radical (unpaired) electrons. The van der Waals surface area contributed by atoms with Crippen molar-refractivity contribution in [2.24, 2.45) is 0 Å². The van der Waals surface area contributed by atoms with Gasteiger partial charge in [-0.25, -0.2) is 0 Å². The lowest BCUT2D eigenvalue weighted by molar-refractivity contribution is 0.421. The Morgan fingerprint density at radius 1 is 1.56 bits per heavy atom. The summed E-state index contributed by atoms with van der Waals surface area (Å²) in [6.07, 6.45) is 2.55. The highest BCUT2D eigenvalue weighted by molar-refractivity contribution is 9.10. The number of furan rings is 1. The van der Waals surface area contributed by atoms with E-state index in [1.807, 2.05) is 30.8 Å². The first-order valence-corrected chi connectivity index (χ1v) is 6.89. The van der Waals surface area contributed by atoms with E-state index in [9.17, 15) is 0 Å². The van der Waals surface area contributed by atoms with Crippen molar-refractivity contribution in [1.29, 1.82) is 0 Å². The van der Waals surface area contributed by atoms with Gasteiger partial charge in [-0.2, -0.15) is 5.10 Å². The Hall–Kier alpha value is -1.07. The van der Waals surface area contributed by atoms with Crippen LogP contribution in [0.5, 0.6) is 0 Å². The molecule has 2 rings (SSSR count). The summed E-state index contributed by atoms with van der Waals surface area (Å²) in [6.45, 7) is 4.99. The number of aryl methyl sites for hydroxylation is 2. The normalized spacial score (nSPS) is 12.9. The molecule has 4 nitrogen and oxygen atoms in total. The molecule has 0 saturated heterocycles. The molecule has 0 aliphatic heterocycles. The summed E-state index contributed by atoms with van der Waals surface area (Å²) >= 11 is 3.62. The van der Waals surface area contributed by atoms with Crippen molar-refractivity contribution in [3.05, 3.63) is 40.0 Å². The second-order valence-corrected chi connectivity index (χ2v) is 5.02. The molecule has 1 atom stereocenters. The Bertz CT molecular complexity index is 505. The molecule has 98 valence electrons. The molecule has 18 heavy (non-hydrogen) atoms. The van der Waals surface area contributed by atoms with Gasteiger partial charge in [-0.3, -0.25) is 4.68 Å². The summed E-state index contributed by atoms with van der Waals surface area (Å²) in [5.41, 5.74) is 2.23. The van der Waals surface area contributed by atoms with Gasteiger partial charge in [-0.1, -0.05) is 0 Å². The third-order valence-corrected chi connectivity index (χ3v) is 4.12. The van der Waals surface area contributed by atoms with Crippen molar-refractivity contribution in [2.75, 3.05) is 7.05 Å². The van der Waals surface area contributed by atoms with E-state index >= 15 is 0 Å². The number of rotatable bonds is 5. The zero-order valence-electron chi connectivity index (χ0n) is 10.9. The van der Waals surface area contributed by atoms with Crippen molar-refractivity contribution in [3.8, 4) is 0 Å². The fourth-order valence-electron chi connectivity index (χ4n) is 2.09. The van der Waals surface area contributed by atoms with Gasteiger partial charge in [0.25, 0.3) is 0 Å². The topological polar surface area (TPSA) is 43.0 Å². The predicted molar refractivity (Wildman–Crippen MR) is 74.6 cm³/mol. The second-order valence-electron chi connectivity index (χ2n) is 4.22. The molecule has 2 aromatic heterocycles. The molecule has 1 N–H and O–H groups in total. The van der Waals surface area contributed by atoms with Gasteiger partial charge in [0.05, 0.1) is 28.2 Å². The summed E-state index contributed by atoms with van der Waals surface area (Å²) in [4.78, 5) is 0. The molecular formula is C13H18BrN3O. The summed E-state index contributed by atoms with van der Waals surface area (Å²) < 4.78 is 8.60. The largest absolute Gasteiger partial charge is 0.468 e. The first kappa shape index (κ1) is 13.4. The van der Waals surface area contributed by atoms with Gasteiger partial charge in [0.15, 0.2) is 0 Å². The fraction of sp³-hybridized carbons (Fsp3) is 0.462. The van der Waals surface area contributed by atoms with Crippen molar-refractivity contribution in [1.82, 2.24) is 15.1 Å². The van der Waals surface area contributed by atoms with Gasteiger partial charge in [0, 0.05) is 13.0 Å². The maximum atomic E-state index is 5.47. The molecule has 5 heteroatoms. The zero-order valence-corrected chi connectivity index (χ0v) is 12.5. The van der Waals surface area contributed by atoms with Gasteiger partial charge in [0.2, 0.25) is 0 Å². The Morgan fingerprint density at radius 3 is 2.89 bits per heavy atom. The molecule has 1 unspecified atom stereocenters. The molecule has 0 aliphatic rings. The van der Waals surface area contributed by atoms with Crippen LogP contribution in [0.3, 0.4) is 0 Å². The average Bonchev–Trinajstić information content (AvgIpc) is 2.98. The molecule has 2 heterocycles. The quantitative estimate of drug-likeness (QED) is 0.923. The first-order chi connectivity index (χ1) is 8.67. The van der Waals surface area contributed by atoms with Crippen molar-refractivity contribution >= 4 is 15.9 Å². The molecule has 0 amide bonds. The van der Waals surface area contributed by atoms with E-state index in [1.54, 1.807) is 6.26 Å². The number of likely N-dealkylation sites (N-methyl/N-ethyl adjacent to an activating group) is 1. The molecule has 0 aromatic carbocycles. The summed E-state index contributed by atoms with van der Waals surface area (Å²) in [5.74, 6) is 0.950. The highest BCUT2D eigenvalue weighted by Gasteiger charge is 2.19. The van der Waals surface area contributed by atoms with Crippen molar-refractivity contribution in [3.63, 3.8) is 0 Å².